The van der Waals surface area contributed by atoms with Crippen molar-refractivity contribution in [1.29, 1.82) is 5.26 Å². The monoisotopic (exact) mass is 253 g/mol. The molecular formula is C16H19N3. The quantitative estimate of drug-likeness (QED) is 0.901. The van der Waals surface area contributed by atoms with E-state index >= 15 is 0 Å². The third-order valence-electron chi connectivity index (χ3n) is 3.63. The lowest BCUT2D eigenvalue weighted by atomic mass is 9.98. The molecule has 1 aromatic heterocycles. The van der Waals surface area contributed by atoms with Crippen molar-refractivity contribution in [3.05, 3.63) is 36.0 Å². The lowest BCUT2D eigenvalue weighted by Gasteiger charge is -2.18. The van der Waals surface area contributed by atoms with Gasteiger partial charge in [0.2, 0.25) is 0 Å². The molecule has 0 aliphatic heterocycles. The number of para-hydroxylation sites is 1. The van der Waals surface area contributed by atoms with Gasteiger partial charge in [0, 0.05) is 18.1 Å². The minimum Gasteiger partial charge on any atom is -0.383 e. The molecule has 98 valence electrons. The molecular weight excluding hydrogens is 234 g/mol. The summed E-state index contributed by atoms with van der Waals surface area (Å²) < 4.78 is 0. The lowest BCUT2D eigenvalue weighted by Crippen LogP contribution is -2.17. The number of nitrogens with zero attached hydrogens (tertiary/aromatic N) is 2. The zero-order valence-corrected chi connectivity index (χ0v) is 11.6. The summed E-state index contributed by atoms with van der Waals surface area (Å²) in [5.41, 5.74) is 2.43. The summed E-state index contributed by atoms with van der Waals surface area (Å²) in [4.78, 5) is 4.31. The molecule has 0 aliphatic rings. The summed E-state index contributed by atoms with van der Waals surface area (Å²) >= 11 is 0. The van der Waals surface area contributed by atoms with Crippen LogP contribution >= 0.6 is 0 Å². The van der Waals surface area contributed by atoms with Gasteiger partial charge in [0.15, 0.2) is 0 Å². The molecule has 2 aromatic rings. The van der Waals surface area contributed by atoms with Gasteiger partial charge in [0.05, 0.1) is 16.8 Å². The van der Waals surface area contributed by atoms with E-state index < -0.39 is 0 Å². The highest BCUT2D eigenvalue weighted by atomic mass is 14.9. The van der Waals surface area contributed by atoms with Crippen molar-refractivity contribution < 1.29 is 0 Å². The normalized spacial score (nSPS) is 12.4. The van der Waals surface area contributed by atoms with E-state index in [1.54, 1.807) is 6.20 Å². The summed E-state index contributed by atoms with van der Waals surface area (Å²) in [6.07, 6.45) is 1.64. The molecule has 1 heterocycles. The first-order valence-electron chi connectivity index (χ1n) is 6.65. The van der Waals surface area contributed by atoms with Crippen LogP contribution < -0.4 is 5.32 Å². The molecule has 3 heteroatoms. The van der Waals surface area contributed by atoms with Gasteiger partial charge in [-0.05, 0) is 17.9 Å². The van der Waals surface area contributed by atoms with Crippen molar-refractivity contribution in [2.45, 2.75) is 20.8 Å². The van der Waals surface area contributed by atoms with E-state index in [1.807, 2.05) is 24.3 Å². The molecule has 1 N–H and O–H groups in total. The average Bonchev–Trinajstić information content (AvgIpc) is 2.43. The van der Waals surface area contributed by atoms with Crippen LogP contribution in [0.15, 0.2) is 30.5 Å². The Balaban J connectivity index is 2.37. The number of pyridine rings is 1. The Morgan fingerprint density at radius 2 is 2.00 bits per heavy atom. The Bertz CT molecular complexity index is 611. The Morgan fingerprint density at radius 1 is 1.26 bits per heavy atom. The van der Waals surface area contributed by atoms with Crippen LogP contribution in [-0.2, 0) is 0 Å². The van der Waals surface area contributed by atoms with Gasteiger partial charge in [0.1, 0.15) is 6.07 Å². The zero-order chi connectivity index (χ0) is 13.8. The number of nitrogens with one attached hydrogen (secondary N) is 1. The topological polar surface area (TPSA) is 48.7 Å². The molecule has 0 aliphatic carbocycles. The van der Waals surface area contributed by atoms with Crippen molar-refractivity contribution in [2.24, 2.45) is 11.8 Å². The molecule has 1 atom stereocenters. The molecule has 0 spiro atoms. The van der Waals surface area contributed by atoms with Crippen molar-refractivity contribution in [2.75, 3.05) is 11.9 Å². The minimum atomic E-state index is 0.554. The second kappa shape index (κ2) is 5.71. The largest absolute Gasteiger partial charge is 0.383 e. The van der Waals surface area contributed by atoms with E-state index in [1.165, 1.54) is 0 Å². The fourth-order valence-electron chi connectivity index (χ4n) is 1.92. The Kier molecular flexibility index (Phi) is 4.01. The summed E-state index contributed by atoms with van der Waals surface area (Å²) in [5, 5.41) is 13.7. The molecule has 0 saturated carbocycles. The number of benzene rings is 1. The third-order valence-corrected chi connectivity index (χ3v) is 3.63. The predicted molar refractivity (Wildman–Crippen MR) is 78.9 cm³/mol. The number of aromatic nitrogens is 1. The van der Waals surface area contributed by atoms with E-state index in [-0.39, 0.29) is 0 Å². The van der Waals surface area contributed by atoms with Gasteiger partial charge in [0.25, 0.3) is 0 Å². The van der Waals surface area contributed by atoms with E-state index in [4.69, 9.17) is 0 Å². The second-order valence-electron chi connectivity index (χ2n) is 5.28. The number of anilines is 1. The maximum atomic E-state index is 9.22. The van der Waals surface area contributed by atoms with Gasteiger partial charge in [-0.15, -0.1) is 0 Å². The average molecular weight is 253 g/mol. The highest BCUT2D eigenvalue weighted by Crippen LogP contribution is 2.26. The summed E-state index contributed by atoms with van der Waals surface area (Å²) in [7, 11) is 0. The molecule has 2 rings (SSSR count). The van der Waals surface area contributed by atoms with E-state index in [0.29, 0.717) is 17.4 Å². The van der Waals surface area contributed by atoms with Crippen molar-refractivity contribution in [3.8, 4) is 6.07 Å². The van der Waals surface area contributed by atoms with Gasteiger partial charge in [-0.3, -0.25) is 4.98 Å². The highest BCUT2D eigenvalue weighted by Gasteiger charge is 2.11. The van der Waals surface area contributed by atoms with Gasteiger partial charge in [-0.2, -0.15) is 5.26 Å². The second-order valence-corrected chi connectivity index (χ2v) is 5.28. The van der Waals surface area contributed by atoms with Gasteiger partial charge >= 0.3 is 0 Å². The van der Waals surface area contributed by atoms with Crippen molar-refractivity contribution in [3.63, 3.8) is 0 Å². The van der Waals surface area contributed by atoms with Crippen LogP contribution in [0.4, 0.5) is 5.69 Å². The fraction of sp³-hybridized carbons (Fsp3) is 0.375. The van der Waals surface area contributed by atoms with Crippen LogP contribution in [0.25, 0.3) is 10.9 Å². The zero-order valence-electron chi connectivity index (χ0n) is 11.6. The lowest BCUT2D eigenvalue weighted by molar-refractivity contribution is 0.440. The first kappa shape index (κ1) is 13.4. The summed E-state index contributed by atoms with van der Waals surface area (Å²) in [6.45, 7) is 7.50. The third kappa shape index (κ3) is 2.85. The maximum Gasteiger partial charge on any atom is 0.103 e. The van der Waals surface area contributed by atoms with Gasteiger partial charge in [-0.25, -0.2) is 0 Å². The molecule has 0 bridgehead atoms. The number of nitriles is 1. The van der Waals surface area contributed by atoms with E-state index in [2.05, 4.69) is 37.1 Å². The van der Waals surface area contributed by atoms with E-state index in [9.17, 15) is 5.26 Å². The standard InChI is InChI=1S/C16H19N3/c1-11(2)12(3)9-19-16-13(8-17)10-18-15-7-5-4-6-14(15)16/h4-7,10-12H,9H2,1-3H3,(H,18,19). The van der Waals surface area contributed by atoms with Crippen LogP contribution in [0.5, 0.6) is 0 Å². The summed E-state index contributed by atoms with van der Waals surface area (Å²) in [6, 6.07) is 10.1. The molecule has 1 aromatic carbocycles. The molecule has 1 unspecified atom stereocenters. The molecule has 0 amide bonds. The Hall–Kier alpha value is -2.08. The van der Waals surface area contributed by atoms with Crippen LogP contribution in [-0.4, -0.2) is 11.5 Å². The fourth-order valence-corrected chi connectivity index (χ4v) is 1.92. The van der Waals surface area contributed by atoms with E-state index in [0.717, 1.165) is 23.1 Å². The number of rotatable bonds is 4. The number of hydrogen-bond acceptors (Lipinski definition) is 3. The Labute approximate surface area is 114 Å². The molecule has 19 heavy (non-hydrogen) atoms. The van der Waals surface area contributed by atoms with Gasteiger partial charge < -0.3 is 5.32 Å². The molecule has 3 nitrogen and oxygen atoms in total. The molecule has 0 fully saturated rings. The molecule has 0 saturated heterocycles. The van der Waals surface area contributed by atoms with Crippen LogP contribution in [0.3, 0.4) is 0 Å². The van der Waals surface area contributed by atoms with Crippen LogP contribution in [0.2, 0.25) is 0 Å². The minimum absolute atomic E-state index is 0.554. The summed E-state index contributed by atoms with van der Waals surface area (Å²) in [5.74, 6) is 1.17. The Morgan fingerprint density at radius 3 is 2.68 bits per heavy atom. The number of fused-ring (bicyclic) bond motifs is 1. The first-order chi connectivity index (χ1) is 9.13. The maximum absolute atomic E-state index is 9.22. The molecule has 0 radical (unpaired) electrons. The van der Waals surface area contributed by atoms with Crippen molar-refractivity contribution in [1.82, 2.24) is 4.98 Å². The van der Waals surface area contributed by atoms with Gasteiger partial charge in [-0.1, -0.05) is 39.0 Å². The van der Waals surface area contributed by atoms with Crippen molar-refractivity contribution >= 4 is 16.6 Å². The highest BCUT2D eigenvalue weighted by molar-refractivity contribution is 5.93. The number of hydrogen-bond donors (Lipinski definition) is 1. The predicted octanol–water partition coefficient (Wildman–Crippen LogP) is 3.81. The van der Waals surface area contributed by atoms with Crippen LogP contribution in [0.1, 0.15) is 26.3 Å². The first-order valence-corrected chi connectivity index (χ1v) is 6.65. The van der Waals surface area contributed by atoms with Crippen LogP contribution in [0, 0.1) is 23.2 Å². The SMILES string of the molecule is CC(C)C(C)CNc1c(C#N)cnc2ccccc12. The smallest absolute Gasteiger partial charge is 0.103 e.